The Morgan fingerprint density at radius 1 is 1.16 bits per heavy atom. The maximum Gasteiger partial charge on any atom is 0.231 e. The second kappa shape index (κ2) is 10.9. The van der Waals surface area contributed by atoms with E-state index in [9.17, 15) is 4.79 Å². The van der Waals surface area contributed by atoms with Crippen molar-refractivity contribution in [2.45, 2.75) is 26.7 Å². The van der Waals surface area contributed by atoms with E-state index in [1.165, 1.54) is 0 Å². The number of hydrogen-bond acceptors (Lipinski definition) is 4. The zero-order chi connectivity index (χ0) is 16.7. The summed E-state index contributed by atoms with van der Waals surface area (Å²) in [6.45, 7) is 4.29. The van der Waals surface area contributed by atoms with Gasteiger partial charge in [0, 0.05) is 30.6 Å². The second-order valence-electron chi connectivity index (χ2n) is 5.44. The van der Waals surface area contributed by atoms with Gasteiger partial charge in [-0.2, -0.15) is 0 Å². The number of anilines is 1. The fraction of sp³-hybridized carbons (Fsp3) is 0.333. The summed E-state index contributed by atoms with van der Waals surface area (Å²) in [5.74, 6) is 1.07. The van der Waals surface area contributed by atoms with Gasteiger partial charge in [-0.25, -0.2) is 4.98 Å². The SMILES string of the molecule is CCC(CC)(CN)C(=O)Nc1cccc(Oc2ccccn2)c1.Cl.Cl. The van der Waals surface area contributed by atoms with E-state index in [-0.39, 0.29) is 30.7 Å². The van der Waals surface area contributed by atoms with Gasteiger partial charge in [0.1, 0.15) is 5.75 Å². The van der Waals surface area contributed by atoms with Crippen molar-refractivity contribution in [1.29, 1.82) is 0 Å². The average Bonchev–Trinajstić information content (AvgIpc) is 2.58. The highest BCUT2D eigenvalue weighted by Gasteiger charge is 2.33. The summed E-state index contributed by atoms with van der Waals surface area (Å²) >= 11 is 0. The zero-order valence-corrected chi connectivity index (χ0v) is 16.0. The number of pyridine rings is 1. The van der Waals surface area contributed by atoms with Crippen LogP contribution in [-0.2, 0) is 4.79 Å². The molecule has 0 saturated heterocycles. The third-order valence-electron chi connectivity index (χ3n) is 4.18. The van der Waals surface area contributed by atoms with Crippen LogP contribution in [0.2, 0.25) is 0 Å². The predicted molar refractivity (Wildman–Crippen MR) is 106 cm³/mol. The van der Waals surface area contributed by atoms with Crippen LogP contribution in [0.15, 0.2) is 48.7 Å². The lowest BCUT2D eigenvalue weighted by molar-refractivity contribution is -0.125. The Labute approximate surface area is 161 Å². The van der Waals surface area contributed by atoms with Crippen LogP contribution in [0.1, 0.15) is 26.7 Å². The summed E-state index contributed by atoms with van der Waals surface area (Å²) < 4.78 is 5.68. The average molecular weight is 386 g/mol. The molecular weight excluding hydrogens is 361 g/mol. The fourth-order valence-electron chi connectivity index (χ4n) is 2.38. The molecule has 25 heavy (non-hydrogen) atoms. The van der Waals surface area contributed by atoms with E-state index in [1.54, 1.807) is 18.3 Å². The van der Waals surface area contributed by atoms with E-state index in [1.807, 2.05) is 44.2 Å². The Balaban J connectivity index is 0.00000288. The minimum absolute atomic E-state index is 0. The maximum atomic E-state index is 12.6. The van der Waals surface area contributed by atoms with Crippen LogP contribution < -0.4 is 15.8 Å². The largest absolute Gasteiger partial charge is 0.439 e. The number of nitrogens with one attached hydrogen (secondary N) is 1. The first-order valence-electron chi connectivity index (χ1n) is 7.84. The van der Waals surface area contributed by atoms with Gasteiger partial charge in [-0.05, 0) is 31.0 Å². The standard InChI is InChI=1S/C18H23N3O2.2ClH/c1-3-18(4-2,13-19)17(22)21-14-8-7-9-15(12-14)23-16-10-5-6-11-20-16;;/h5-12H,3-4,13,19H2,1-2H3,(H,21,22);2*1H. The molecule has 1 heterocycles. The van der Waals surface area contributed by atoms with E-state index in [4.69, 9.17) is 10.5 Å². The molecule has 138 valence electrons. The minimum Gasteiger partial charge on any atom is -0.439 e. The number of nitrogens with zero attached hydrogens (tertiary/aromatic N) is 1. The predicted octanol–water partition coefficient (Wildman–Crippen LogP) is 4.42. The quantitative estimate of drug-likeness (QED) is 0.739. The Bertz CT molecular complexity index is 642. The van der Waals surface area contributed by atoms with Gasteiger partial charge in [-0.15, -0.1) is 24.8 Å². The molecule has 5 nitrogen and oxygen atoms in total. The highest BCUT2D eigenvalue weighted by molar-refractivity contribution is 5.95. The molecule has 2 aromatic rings. The van der Waals surface area contributed by atoms with E-state index in [2.05, 4.69) is 10.3 Å². The molecule has 0 saturated carbocycles. The van der Waals surface area contributed by atoms with E-state index in [0.717, 1.165) is 0 Å². The first-order valence-corrected chi connectivity index (χ1v) is 7.84. The number of carbonyl (C=O) groups is 1. The summed E-state index contributed by atoms with van der Waals surface area (Å²) in [4.78, 5) is 16.7. The fourth-order valence-corrected chi connectivity index (χ4v) is 2.38. The molecular formula is C18H25Cl2N3O2. The molecule has 0 unspecified atom stereocenters. The lowest BCUT2D eigenvalue weighted by Crippen LogP contribution is -2.41. The Kier molecular flexibility index (Phi) is 10.1. The molecule has 2 rings (SSSR count). The Hall–Kier alpha value is -1.82. The molecule has 0 spiro atoms. The third-order valence-corrected chi connectivity index (χ3v) is 4.18. The summed E-state index contributed by atoms with van der Waals surface area (Å²) in [5.41, 5.74) is 5.98. The van der Waals surface area contributed by atoms with Crippen molar-refractivity contribution in [3.05, 3.63) is 48.7 Å². The molecule has 7 heteroatoms. The monoisotopic (exact) mass is 385 g/mol. The molecule has 1 aromatic heterocycles. The van der Waals surface area contributed by atoms with Crippen LogP contribution in [0.3, 0.4) is 0 Å². The van der Waals surface area contributed by atoms with Crippen molar-refractivity contribution in [2.24, 2.45) is 11.1 Å². The van der Waals surface area contributed by atoms with Gasteiger partial charge in [0.25, 0.3) is 0 Å². The van der Waals surface area contributed by atoms with Crippen LogP contribution in [0, 0.1) is 5.41 Å². The molecule has 0 bridgehead atoms. The molecule has 0 atom stereocenters. The van der Waals surface area contributed by atoms with Gasteiger partial charge in [0.15, 0.2) is 0 Å². The maximum absolute atomic E-state index is 12.6. The Morgan fingerprint density at radius 2 is 1.88 bits per heavy atom. The number of aromatic nitrogens is 1. The molecule has 3 N–H and O–H groups in total. The summed E-state index contributed by atoms with van der Waals surface area (Å²) in [6.07, 6.45) is 3.07. The number of amides is 1. The first-order chi connectivity index (χ1) is 11.1. The van der Waals surface area contributed by atoms with Gasteiger partial charge in [-0.3, -0.25) is 4.79 Å². The molecule has 1 aromatic carbocycles. The summed E-state index contributed by atoms with van der Waals surface area (Å²) in [7, 11) is 0. The topological polar surface area (TPSA) is 77.2 Å². The van der Waals surface area contributed by atoms with Crippen molar-refractivity contribution in [1.82, 2.24) is 4.98 Å². The van der Waals surface area contributed by atoms with Crippen LogP contribution in [-0.4, -0.2) is 17.4 Å². The molecule has 0 aliphatic rings. The normalized spacial score (nSPS) is 10.2. The van der Waals surface area contributed by atoms with Crippen LogP contribution in [0.4, 0.5) is 5.69 Å². The number of rotatable bonds is 7. The van der Waals surface area contributed by atoms with E-state index < -0.39 is 5.41 Å². The summed E-state index contributed by atoms with van der Waals surface area (Å²) in [5, 5.41) is 2.94. The zero-order valence-electron chi connectivity index (χ0n) is 14.4. The van der Waals surface area contributed by atoms with Crippen LogP contribution in [0.5, 0.6) is 11.6 Å². The van der Waals surface area contributed by atoms with E-state index in [0.29, 0.717) is 36.7 Å². The van der Waals surface area contributed by atoms with Crippen LogP contribution >= 0.6 is 24.8 Å². The smallest absolute Gasteiger partial charge is 0.231 e. The van der Waals surface area contributed by atoms with Crippen molar-refractivity contribution >= 4 is 36.4 Å². The molecule has 0 aliphatic carbocycles. The molecule has 1 amide bonds. The number of nitrogens with two attached hydrogens (primary N) is 1. The molecule has 0 aliphatic heterocycles. The van der Waals surface area contributed by atoms with Gasteiger partial charge in [-0.1, -0.05) is 26.0 Å². The lowest BCUT2D eigenvalue weighted by atomic mass is 9.81. The number of halogens is 2. The van der Waals surface area contributed by atoms with Gasteiger partial charge in [0.2, 0.25) is 11.8 Å². The van der Waals surface area contributed by atoms with Crippen molar-refractivity contribution in [2.75, 3.05) is 11.9 Å². The van der Waals surface area contributed by atoms with E-state index >= 15 is 0 Å². The second-order valence-corrected chi connectivity index (χ2v) is 5.44. The summed E-state index contributed by atoms with van der Waals surface area (Å²) in [6, 6.07) is 12.7. The van der Waals surface area contributed by atoms with Gasteiger partial charge < -0.3 is 15.8 Å². The third kappa shape index (κ3) is 5.88. The number of hydrogen-bond donors (Lipinski definition) is 2. The minimum atomic E-state index is -0.530. The van der Waals surface area contributed by atoms with Gasteiger partial charge >= 0.3 is 0 Å². The Morgan fingerprint density at radius 3 is 2.44 bits per heavy atom. The molecule has 0 radical (unpaired) electrons. The first kappa shape index (κ1) is 23.2. The number of carbonyl (C=O) groups excluding carboxylic acids is 1. The van der Waals surface area contributed by atoms with Crippen LogP contribution in [0.25, 0.3) is 0 Å². The number of benzene rings is 1. The highest BCUT2D eigenvalue weighted by Crippen LogP contribution is 2.28. The highest BCUT2D eigenvalue weighted by atomic mass is 35.5. The van der Waals surface area contributed by atoms with Crippen molar-refractivity contribution in [3.63, 3.8) is 0 Å². The number of ether oxygens (including phenoxy) is 1. The van der Waals surface area contributed by atoms with Gasteiger partial charge in [0.05, 0.1) is 5.41 Å². The molecule has 0 fully saturated rings. The lowest BCUT2D eigenvalue weighted by Gasteiger charge is -2.28. The van der Waals surface area contributed by atoms with Crippen molar-refractivity contribution in [3.8, 4) is 11.6 Å². The van der Waals surface area contributed by atoms with Crippen molar-refractivity contribution < 1.29 is 9.53 Å².